The molecule has 9 amide bonds. The van der Waals surface area contributed by atoms with Gasteiger partial charge >= 0.3 is 5.97 Å². The van der Waals surface area contributed by atoms with Crippen molar-refractivity contribution < 1.29 is 58.2 Å². The predicted molar refractivity (Wildman–Crippen MR) is 246 cm³/mol. The Morgan fingerprint density at radius 1 is 0.676 bits per heavy atom. The Labute approximate surface area is 392 Å². The van der Waals surface area contributed by atoms with E-state index in [9.17, 15) is 58.2 Å². The molecule has 0 radical (unpaired) electrons. The molecule has 0 spiro atoms. The number of aliphatic imine (C=N–C) groups is 1. The molecule has 1 aromatic heterocycles. The molecule has 0 saturated carbocycles. The first-order valence-electron chi connectivity index (χ1n) is 21.8. The van der Waals surface area contributed by atoms with Gasteiger partial charge in [0.2, 0.25) is 53.2 Å². The summed E-state index contributed by atoms with van der Waals surface area (Å²) in [5, 5.41) is 39.4. The highest BCUT2D eigenvalue weighted by molar-refractivity contribution is 5.98. The van der Waals surface area contributed by atoms with Crippen molar-refractivity contribution in [3.63, 3.8) is 0 Å². The molecule has 1 heterocycles. The van der Waals surface area contributed by atoms with Crippen molar-refractivity contribution in [1.29, 1.82) is 0 Å². The number of amides is 9. The van der Waals surface area contributed by atoms with Crippen LogP contribution in [0.15, 0.2) is 35.5 Å². The normalized spacial score (nSPS) is 14.1. The van der Waals surface area contributed by atoms with Crippen molar-refractivity contribution in [1.82, 2.24) is 47.5 Å². The summed E-state index contributed by atoms with van der Waals surface area (Å²) in [5.41, 5.74) is 22.9. The van der Waals surface area contributed by atoms with Gasteiger partial charge in [0, 0.05) is 30.1 Å². The number of nitrogens with two attached hydrogens (primary N) is 4. The number of benzene rings is 1. The van der Waals surface area contributed by atoms with E-state index in [1.165, 1.54) is 6.92 Å². The number of guanidine groups is 1. The lowest BCUT2D eigenvalue weighted by Gasteiger charge is -2.26. The number of nitrogens with zero attached hydrogens (tertiary/aromatic N) is 1. The monoisotopic (exact) mass is 958 g/mol. The molecule has 0 aliphatic carbocycles. The summed E-state index contributed by atoms with van der Waals surface area (Å²) in [6.07, 6.45) is 1.00. The Morgan fingerprint density at radius 2 is 1.24 bits per heavy atom. The SMILES string of the molecule is CC(C)C[C@H](NC(=O)[C@H](Cc1c[nH]c2ccccc12)NC(=O)CNC(=O)[C@H](C)N)C(=O)N[C@H](CC(N)=O)C(=O)NCC(=O)N[C@@H](CO)C(=O)N[C@H](C(=O)N[C@@H](CCCN=C(N)N)C(=O)O)C(C)C. The number of hydrogen-bond donors (Lipinski definition) is 15. The maximum Gasteiger partial charge on any atom is 0.326 e. The molecule has 0 bridgehead atoms. The maximum absolute atomic E-state index is 14.0. The first kappa shape index (κ1) is 56.8. The number of aliphatic carboxylic acids is 1. The number of fused-ring (bicyclic) bond motifs is 1. The molecular formula is C42H66N14O12. The average Bonchev–Trinajstić information content (AvgIpc) is 3.67. The van der Waals surface area contributed by atoms with Crippen molar-refractivity contribution in [3.8, 4) is 0 Å². The minimum absolute atomic E-state index is 0.00780. The number of H-pyrrole nitrogens is 1. The quantitative estimate of drug-likeness (QED) is 0.0206. The Balaban J connectivity index is 2.18. The fourth-order valence-electron chi connectivity index (χ4n) is 6.50. The first-order valence-corrected chi connectivity index (χ1v) is 21.8. The van der Waals surface area contributed by atoms with Gasteiger partial charge in [-0.2, -0.15) is 0 Å². The summed E-state index contributed by atoms with van der Waals surface area (Å²) in [5.74, 6) is -10.5. The molecule has 0 fully saturated rings. The molecule has 7 atom stereocenters. The lowest BCUT2D eigenvalue weighted by Crippen LogP contribution is -2.59. The number of carbonyl (C=O) groups is 10. The molecule has 0 unspecified atom stereocenters. The van der Waals surface area contributed by atoms with Gasteiger partial charge in [0.1, 0.15) is 36.3 Å². The summed E-state index contributed by atoms with van der Waals surface area (Å²) >= 11 is 0. The van der Waals surface area contributed by atoms with Crippen LogP contribution in [0.3, 0.4) is 0 Å². The second-order valence-corrected chi connectivity index (χ2v) is 16.7. The number of aromatic nitrogens is 1. The second kappa shape index (κ2) is 28.0. The lowest BCUT2D eigenvalue weighted by molar-refractivity contribution is -0.143. The van der Waals surface area contributed by atoms with Crippen molar-refractivity contribution >= 4 is 76.0 Å². The number of para-hydroxylation sites is 1. The molecule has 1 aromatic carbocycles. The van der Waals surface area contributed by atoms with E-state index in [0.717, 1.165) is 10.9 Å². The van der Waals surface area contributed by atoms with Crippen LogP contribution in [0, 0.1) is 11.8 Å². The Bertz CT molecular complexity index is 2140. The second-order valence-electron chi connectivity index (χ2n) is 16.7. The number of aromatic amines is 1. The molecule has 26 heteroatoms. The molecule has 2 aromatic rings. The number of primary amides is 1. The van der Waals surface area contributed by atoms with Gasteiger partial charge in [0.05, 0.1) is 32.2 Å². The standard InChI is InChI=1S/C42H66N14O12/c1-20(2)13-27(54-38(64)28(51-32(59)17-49-35(61)22(5)43)14-23-16-48-25-10-7-6-9-24(23)25)37(63)55-29(15-31(44)58)36(62)50-18-33(60)52-30(19-57)39(65)56-34(21(3)4)40(66)53-26(41(67)68)11-8-12-47-42(45)46/h6-7,9-10,16,20-22,26-30,34,48,57H,8,11-15,17-19,43H2,1-5H3,(H2,44,58)(H,49,61)(H,50,62)(H,51,59)(H,52,60)(H,53,66)(H,54,64)(H,55,63)(H,56,65)(H,67,68)(H4,45,46,47)/t22-,26-,27-,28-,29+,30-,34-/m0/s1. The predicted octanol–water partition coefficient (Wildman–Crippen LogP) is -5.09. The van der Waals surface area contributed by atoms with E-state index in [0.29, 0.717) is 5.56 Å². The third kappa shape index (κ3) is 19.6. The van der Waals surface area contributed by atoms with Crippen molar-refractivity contribution in [2.75, 3.05) is 26.2 Å². The van der Waals surface area contributed by atoms with E-state index in [1.807, 2.05) is 6.07 Å². The van der Waals surface area contributed by atoms with Crippen molar-refractivity contribution in [3.05, 3.63) is 36.0 Å². The van der Waals surface area contributed by atoms with Gasteiger partial charge in [-0.1, -0.05) is 45.9 Å². The number of rotatable bonds is 29. The van der Waals surface area contributed by atoms with Crippen LogP contribution in [0.2, 0.25) is 0 Å². The highest BCUT2D eigenvalue weighted by Gasteiger charge is 2.34. The van der Waals surface area contributed by atoms with Crippen molar-refractivity contribution in [2.24, 2.45) is 39.8 Å². The Morgan fingerprint density at radius 3 is 1.79 bits per heavy atom. The Kier molecular flexibility index (Phi) is 23.4. The molecule has 0 aliphatic rings. The van der Waals surface area contributed by atoms with Crippen LogP contribution in [-0.2, 0) is 54.4 Å². The van der Waals surface area contributed by atoms with Crippen molar-refractivity contribution in [2.45, 2.75) is 109 Å². The molecule has 0 aliphatic heterocycles. The van der Waals surface area contributed by atoms with Gasteiger partial charge in [0.25, 0.3) is 0 Å². The van der Waals surface area contributed by atoms with Crippen LogP contribution in [0.25, 0.3) is 10.9 Å². The van der Waals surface area contributed by atoms with Crippen LogP contribution in [0.1, 0.15) is 65.9 Å². The maximum atomic E-state index is 14.0. The summed E-state index contributed by atoms with van der Waals surface area (Å²) in [6.45, 7) is 5.80. The highest BCUT2D eigenvalue weighted by atomic mass is 16.4. The molecule has 68 heavy (non-hydrogen) atoms. The van der Waals surface area contributed by atoms with Gasteiger partial charge in [-0.05, 0) is 49.7 Å². The zero-order chi connectivity index (χ0) is 51.2. The fourth-order valence-corrected chi connectivity index (χ4v) is 6.50. The fraction of sp³-hybridized carbons (Fsp3) is 0.548. The molecular weight excluding hydrogens is 893 g/mol. The molecule has 2 rings (SSSR count). The smallest absolute Gasteiger partial charge is 0.326 e. The van der Waals surface area contributed by atoms with Crippen LogP contribution >= 0.6 is 0 Å². The molecule has 376 valence electrons. The summed E-state index contributed by atoms with van der Waals surface area (Å²) in [4.78, 5) is 136. The lowest BCUT2D eigenvalue weighted by atomic mass is 10.00. The van der Waals surface area contributed by atoms with Crippen LogP contribution in [-0.4, -0.2) is 149 Å². The third-order valence-electron chi connectivity index (χ3n) is 10.0. The van der Waals surface area contributed by atoms with Gasteiger partial charge in [0.15, 0.2) is 5.96 Å². The Hall–Kier alpha value is -7.35. The summed E-state index contributed by atoms with van der Waals surface area (Å²) in [7, 11) is 0. The van der Waals surface area contributed by atoms with Crippen LogP contribution < -0.4 is 65.5 Å². The molecule has 19 N–H and O–H groups in total. The van der Waals surface area contributed by atoms with E-state index in [-0.39, 0.29) is 44.1 Å². The number of hydrogen-bond acceptors (Lipinski definition) is 13. The first-order chi connectivity index (χ1) is 31.9. The van der Waals surface area contributed by atoms with Gasteiger partial charge in [-0.15, -0.1) is 0 Å². The minimum atomic E-state index is -1.68. The molecule has 0 saturated heterocycles. The number of carboxylic acids is 1. The van der Waals surface area contributed by atoms with E-state index in [4.69, 9.17) is 22.9 Å². The number of aliphatic hydroxyl groups excluding tert-OH is 1. The van der Waals surface area contributed by atoms with E-state index >= 15 is 0 Å². The van der Waals surface area contributed by atoms with E-state index < -0.39 is 133 Å². The van der Waals surface area contributed by atoms with E-state index in [1.54, 1.807) is 52.1 Å². The third-order valence-corrected chi connectivity index (χ3v) is 10.0. The van der Waals surface area contributed by atoms with Gasteiger partial charge in [-0.25, -0.2) is 4.79 Å². The number of aliphatic hydroxyl groups is 1. The summed E-state index contributed by atoms with van der Waals surface area (Å²) < 4.78 is 0. The highest BCUT2D eigenvalue weighted by Crippen LogP contribution is 2.19. The number of carboxylic acid groups (broad SMARTS) is 1. The summed E-state index contributed by atoms with van der Waals surface area (Å²) in [6, 6.07) is -2.37. The van der Waals surface area contributed by atoms with Gasteiger partial charge in [-0.3, -0.25) is 48.1 Å². The average molecular weight is 959 g/mol. The topological polar surface area (TPSA) is 440 Å². The van der Waals surface area contributed by atoms with E-state index in [2.05, 4.69) is 52.5 Å². The zero-order valence-electron chi connectivity index (χ0n) is 38.7. The molecule has 26 nitrogen and oxygen atoms in total. The largest absolute Gasteiger partial charge is 0.480 e. The number of nitrogens with one attached hydrogen (secondary N) is 9. The zero-order valence-corrected chi connectivity index (χ0v) is 38.7. The minimum Gasteiger partial charge on any atom is -0.480 e. The number of carbonyl (C=O) groups excluding carboxylic acids is 9. The van der Waals surface area contributed by atoms with Crippen LogP contribution in [0.4, 0.5) is 0 Å². The van der Waals surface area contributed by atoms with Gasteiger partial charge < -0.3 is 80.7 Å². The van der Waals surface area contributed by atoms with Crippen LogP contribution in [0.5, 0.6) is 0 Å².